The van der Waals surface area contributed by atoms with E-state index in [2.05, 4.69) is 5.32 Å². The van der Waals surface area contributed by atoms with Gasteiger partial charge in [-0.05, 0) is 26.8 Å². The first kappa shape index (κ1) is 19.8. The van der Waals surface area contributed by atoms with Crippen LogP contribution in [0.5, 0.6) is 0 Å². The van der Waals surface area contributed by atoms with Crippen molar-refractivity contribution in [2.24, 2.45) is 0 Å². The van der Waals surface area contributed by atoms with Gasteiger partial charge in [0.25, 0.3) is 0 Å². The molecule has 0 saturated carbocycles. The normalized spacial score (nSPS) is 11.0. The van der Waals surface area contributed by atoms with Crippen LogP contribution in [0.2, 0.25) is 0 Å². The van der Waals surface area contributed by atoms with Crippen LogP contribution in [-0.4, -0.2) is 43.5 Å². The molecule has 0 saturated heterocycles. The first-order chi connectivity index (χ1) is 11.1. The van der Waals surface area contributed by atoms with Crippen molar-refractivity contribution in [1.29, 1.82) is 0 Å². The van der Waals surface area contributed by atoms with Crippen molar-refractivity contribution in [1.82, 2.24) is 0 Å². The first-order valence-electron chi connectivity index (χ1n) is 7.69. The Morgan fingerprint density at radius 2 is 1.92 bits per heavy atom. The fourth-order valence-electron chi connectivity index (χ4n) is 1.97. The summed E-state index contributed by atoms with van der Waals surface area (Å²) in [7, 11) is 3.73. The minimum Gasteiger partial charge on any atom is -0.481 e. The Balaban J connectivity index is 2.92. The fraction of sp³-hybridized carbons (Fsp3) is 0.529. The Bertz CT molecular complexity index is 579. The van der Waals surface area contributed by atoms with Crippen LogP contribution in [0, 0.1) is 0 Å². The van der Waals surface area contributed by atoms with Crippen LogP contribution in [-0.2, 0) is 20.9 Å². The number of nitrogens with one attached hydrogen (secondary N) is 1. The molecule has 7 heteroatoms. The fourth-order valence-corrected chi connectivity index (χ4v) is 1.97. The van der Waals surface area contributed by atoms with E-state index >= 15 is 0 Å². The van der Waals surface area contributed by atoms with Crippen molar-refractivity contribution >= 4 is 23.4 Å². The molecule has 24 heavy (non-hydrogen) atoms. The highest BCUT2D eigenvalue weighted by atomic mass is 16.6. The van der Waals surface area contributed by atoms with E-state index < -0.39 is 17.7 Å². The van der Waals surface area contributed by atoms with Crippen LogP contribution in [0.1, 0.15) is 32.8 Å². The van der Waals surface area contributed by atoms with Crippen molar-refractivity contribution in [3.8, 4) is 0 Å². The van der Waals surface area contributed by atoms with Gasteiger partial charge < -0.3 is 19.5 Å². The lowest BCUT2D eigenvalue weighted by Crippen LogP contribution is -2.28. The van der Waals surface area contributed by atoms with Gasteiger partial charge >= 0.3 is 12.1 Å². The number of rotatable bonds is 7. The van der Waals surface area contributed by atoms with E-state index in [1.54, 1.807) is 20.8 Å². The van der Waals surface area contributed by atoms with E-state index in [4.69, 9.17) is 14.6 Å². The molecule has 0 aromatic heterocycles. The molecule has 7 nitrogen and oxygen atoms in total. The Morgan fingerprint density at radius 1 is 1.25 bits per heavy atom. The van der Waals surface area contributed by atoms with Crippen molar-refractivity contribution in [3.05, 3.63) is 23.8 Å². The number of para-hydroxylation sites is 1. The van der Waals surface area contributed by atoms with Gasteiger partial charge in [-0.1, -0.05) is 12.1 Å². The summed E-state index contributed by atoms with van der Waals surface area (Å²) in [5.41, 5.74) is 1.54. The molecule has 0 aliphatic heterocycles. The van der Waals surface area contributed by atoms with Crippen molar-refractivity contribution in [2.75, 3.05) is 30.9 Å². The number of carbonyl (C=O) groups excluding carboxylic acids is 1. The highest BCUT2D eigenvalue weighted by Crippen LogP contribution is 2.29. The topological polar surface area (TPSA) is 88.1 Å². The minimum atomic E-state index is -0.913. The molecular formula is C17H26N2O5. The number of aliphatic carboxylic acids is 1. The molecule has 0 atom stereocenters. The van der Waals surface area contributed by atoms with Gasteiger partial charge in [0.2, 0.25) is 0 Å². The van der Waals surface area contributed by atoms with Crippen LogP contribution in [0.15, 0.2) is 18.2 Å². The second kappa shape index (κ2) is 8.54. The number of nitrogens with zero attached hydrogens (tertiary/aromatic N) is 1. The molecule has 0 aliphatic rings. The van der Waals surface area contributed by atoms with E-state index in [0.29, 0.717) is 5.69 Å². The van der Waals surface area contributed by atoms with Crippen molar-refractivity contribution < 1.29 is 24.2 Å². The van der Waals surface area contributed by atoms with E-state index in [-0.39, 0.29) is 19.6 Å². The van der Waals surface area contributed by atoms with Gasteiger partial charge in [0, 0.05) is 19.7 Å². The molecule has 0 aliphatic carbocycles. The maximum Gasteiger partial charge on any atom is 0.412 e. The molecule has 0 heterocycles. The Labute approximate surface area is 142 Å². The standard InChI is InChI=1S/C17H26N2O5/c1-17(2,3)24-16(22)18-15-12(11-23-10-9-14(20)21)7-6-8-13(15)19(4)5/h6-8H,9-11H2,1-5H3,(H,18,22)(H,20,21). The molecule has 134 valence electrons. The first-order valence-corrected chi connectivity index (χ1v) is 7.69. The maximum absolute atomic E-state index is 12.1. The second-order valence-electron chi connectivity index (χ2n) is 6.53. The highest BCUT2D eigenvalue weighted by Gasteiger charge is 2.19. The summed E-state index contributed by atoms with van der Waals surface area (Å²) in [6.07, 6.45) is -0.619. The van der Waals surface area contributed by atoms with Crippen LogP contribution >= 0.6 is 0 Å². The zero-order chi connectivity index (χ0) is 18.3. The van der Waals surface area contributed by atoms with Gasteiger partial charge in [-0.15, -0.1) is 0 Å². The van der Waals surface area contributed by atoms with Gasteiger partial charge in [-0.2, -0.15) is 0 Å². The van der Waals surface area contributed by atoms with Gasteiger partial charge in [0.1, 0.15) is 5.60 Å². The molecule has 1 aromatic rings. The number of benzene rings is 1. The highest BCUT2D eigenvalue weighted by molar-refractivity contribution is 5.91. The Kier molecular flexibility index (Phi) is 7.03. The zero-order valence-corrected chi connectivity index (χ0v) is 14.9. The summed E-state index contributed by atoms with van der Waals surface area (Å²) in [4.78, 5) is 24.5. The van der Waals surface area contributed by atoms with E-state index in [0.717, 1.165) is 11.3 Å². The molecule has 1 amide bonds. The smallest absolute Gasteiger partial charge is 0.412 e. The van der Waals surface area contributed by atoms with Crippen LogP contribution in [0.25, 0.3) is 0 Å². The number of ether oxygens (including phenoxy) is 2. The molecule has 1 rings (SSSR count). The average molecular weight is 338 g/mol. The lowest BCUT2D eigenvalue weighted by Gasteiger charge is -2.24. The van der Waals surface area contributed by atoms with Crippen LogP contribution in [0.3, 0.4) is 0 Å². The second-order valence-corrected chi connectivity index (χ2v) is 6.53. The van der Waals surface area contributed by atoms with Crippen molar-refractivity contribution in [2.45, 2.75) is 39.4 Å². The lowest BCUT2D eigenvalue weighted by atomic mass is 10.1. The number of anilines is 2. The van der Waals surface area contributed by atoms with E-state index in [1.807, 2.05) is 37.2 Å². The van der Waals surface area contributed by atoms with E-state index in [1.165, 1.54) is 0 Å². The van der Waals surface area contributed by atoms with Crippen LogP contribution < -0.4 is 10.2 Å². The quantitative estimate of drug-likeness (QED) is 0.743. The summed E-state index contributed by atoms with van der Waals surface area (Å²) in [6.45, 7) is 5.68. The third-order valence-electron chi connectivity index (χ3n) is 2.95. The zero-order valence-electron chi connectivity index (χ0n) is 14.9. The SMILES string of the molecule is CN(C)c1cccc(COCCC(=O)O)c1NC(=O)OC(C)(C)C. The van der Waals surface area contributed by atoms with Crippen LogP contribution in [0.4, 0.5) is 16.2 Å². The number of carboxylic acids is 1. The third-order valence-corrected chi connectivity index (χ3v) is 2.95. The predicted octanol–water partition coefficient (Wildman–Crippen LogP) is 3.09. The molecular weight excluding hydrogens is 312 g/mol. The Hall–Kier alpha value is -2.28. The molecule has 0 unspecified atom stereocenters. The van der Waals surface area contributed by atoms with Gasteiger partial charge in [0.05, 0.1) is 31.0 Å². The third kappa shape index (κ3) is 6.87. The summed E-state index contributed by atoms with van der Waals surface area (Å²) in [5, 5.41) is 11.4. The van der Waals surface area contributed by atoms with Gasteiger partial charge in [0.15, 0.2) is 0 Å². The summed E-state index contributed by atoms with van der Waals surface area (Å²) >= 11 is 0. The van der Waals surface area contributed by atoms with Gasteiger partial charge in [-0.3, -0.25) is 10.1 Å². The monoisotopic (exact) mass is 338 g/mol. The minimum absolute atomic E-state index is 0.0673. The molecule has 0 spiro atoms. The van der Waals surface area contributed by atoms with E-state index in [9.17, 15) is 9.59 Å². The number of amides is 1. The average Bonchev–Trinajstić information content (AvgIpc) is 2.42. The molecule has 1 aromatic carbocycles. The number of carbonyl (C=O) groups is 2. The predicted molar refractivity (Wildman–Crippen MR) is 92.5 cm³/mol. The van der Waals surface area contributed by atoms with Crippen molar-refractivity contribution in [3.63, 3.8) is 0 Å². The summed E-state index contributed by atoms with van der Waals surface area (Å²) in [6, 6.07) is 5.54. The number of hydrogen-bond acceptors (Lipinski definition) is 5. The molecule has 0 radical (unpaired) electrons. The lowest BCUT2D eigenvalue weighted by molar-refractivity contribution is -0.138. The maximum atomic E-state index is 12.1. The number of hydrogen-bond donors (Lipinski definition) is 2. The molecule has 2 N–H and O–H groups in total. The molecule has 0 bridgehead atoms. The largest absolute Gasteiger partial charge is 0.481 e. The Morgan fingerprint density at radius 3 is 2.46 bits per heavy atom. The summed E-state index contributed by atoms with van der Waals surface area (Å²) in [5.74, 6) is -0.913. The van der Waals surface area contributed by atoms with Gasteiger partial charge in [-0.25, -0.2) is 4.79 Å². The number of carboxylic acid groups (broad SMARTS) is 1. The molecule has 0 fully saturated rings. The summed E-state index contributed by atoms with van der Waals surface area (Å²) < 4.78 is 10.7.